The molecule has 4 bridgehead atoms. The lowest BCUT2D eigenvalue weighted by Crippen LogP contribution is -2.64. The molecule has 0 spiro atoms. The molecule has 1 aromatic carbocycles. The molecule has 37 heavy (non-hydrogen) atoms. The molecular weight excluding hydrogens is 468 g/mol. The average Bonchev–Trinajstić information content (AvgIpc) is 3.12. The number of amides is 1. The lowest BCUT2D eigenvalue weighted by atomic mass is 9.47. The summed E-state index contributed by atoms with van der Waals surface area (Å²) in [6.45, 7) is 6.02. The highest BCUT2D eigenvalue weighted by molar-refractivity contribution is 5.99. The number of ether oxygens (including phenoxy) is 2. The number of aryl methyl sites for hydroxylation is 2. The molecule has 1 aromatic heterocycles. The van der Waals surface area contributed by atoms with Gasteiger partial charge in [-0.1, -0.05) is 12.1 Å². The summed E-state index contributed by atoms with van der Waals surface area (Å²) < 4.78 is 13.1. The Labute approximate surface area is 218 Å². The maximum Gasteiger partial charge on any atom is 0.312 e. The number of esters is 1. The number of rotatable bonds is 9. The molecule has 4 saturated carbocycles. The topological polar surface area (TPSA) is 86.6 Å². The number of ketones is 1. The van der Waals surface area contributed by atoms with Gasteiger partial charge in [-0.05, 0) is 94.4 Å². The maximum atomic E-state index is 13.4. The van der Waals surface area contributed by atoms with E-state index in [2.05, 4.69) is 22.0 Å². The summed E-state index contributed by atoms with van der Waals surface area (Å²) in [6.07, 6.45) is 6.08. The van der Waals surface area contributed by atoms with Crippen LogP contribution in [0.3, 0.4) is 0 Å². The number of methoxy groups -OCH3 is 1. The molecule has 1 heterocycles. The number of nitrogens with zero attached hydrogens (tertiary/aromatic N) is 1. The lowest BCUT2D eigenvalue weighted by Gasteiger charge is -2.60. The summed E-state index contributed by atoms with van der Waals surface area (Å²) in [5.41, 5.74) is 2.84. The van der Waals surface area contributed by atoms with Crippen LogP contribution >= 0.6 is 0 Å². The van der Waals surface area contributed by atoms with Crippen molar-refractivity contribution in [1.29, 1.82) is 0 Å². The summed E-state index contributed by atoms with van der Waals surface area (Å²) in [5, 5.41) is 3.18. The lowest BCUT2D eigenvalue weighted by molar-refractivity contribution is -0.174. The van der Waals surface area contributed by atoms with Crippen molar-refractivity contribution in [2.45, 2.75) is 77.8 Å². The van der Waals surface area contributed by atoms with Crippen molar-refractivity contribution in [2.24, 2.45) is 17.3 Å². The van der Waals surface area contributed by atoms with Gasteiger partial charge in [0.15, 0.2) is 6.61 Å². The first-order chi connectivity index (χ1) is 17.6. The standard InChI is InChI=1S/C30H38N2O5/c1-19-11-26(20(2)32(19)10-9-22-5-7-25(36-4)8-6-22)27(34)17-37-28(35)29-13-23-12-24(14-29)16-30(15-23,18-29)31-21(3)33/h5-8,11,23-24H,9-10,12-18H2,1-4H3,(H,31,33). The SMILES string of the molecule is COc1ccc(CCn2c(C)cc(C(=O)COC(=O)C34CC5CC(CC(NC(C)=O)(C5)C3)C4)c2C)cc1. The van der Waals surface area contributed by atoms with E-state index in [1.807, 2.05) is 32.0 Å². The van der Waals surface area contributed by atoms with Crippen LogP contribution in [-0.4, -0.2) is 41.5 Å². The quantitative estimate of drug-likeness (QED) is 0.398. The Hall–Kier alpha value is -3.09. The van der Waals surface area contributed by atoms with Crippen LogP contribution in [0.25, 0.3) is 0 Å². The van der Waals surface area contributed by atoms with Gasteiger partial charge in [0.05, 0.1) is 12.5 Å². The zero-order valence-corrected chi connectivity index (χ0v) is 22.4. The van der Waals surface area contributed by atoms with E-state index in [0.29, 0.717) is 23.8 Å². The smallest absolute Gasteiger partial charge is 0.312 e. The molecule has 0 saturated heterocycles. The fraction of sp³-hybridized carbons (Fsp3) is 0.567. The molecule has 4 aliphatic carbocycles. The van der Waals surface area contributed by atoms with Gasteiger partial charge in [-0.2, -0.15) is 0 Å². The minimum atomic E-state index is -0.581. The van der Waals surface area contributed by atoms with Crippen molar-refractivity contribution in [1.82, 2.24) is 9.88 Å². The van der Waals surface area contributed by atoms with Crippen LogP contribution < -0.4 is 10.1 Å². The van der Waals surface area contributed by atoms with Crippen LogP contribution in [0.5, 0.6) is 5.75 Å². The van der Waals surface area contributed by atoms with Gasteiger partial charge < -0.3 is 19.4 Å². The molecule has 1 N–H and O–H groups in total. The highest BCUT2D eigenvalue weighted by Gasteiger charge is 2.61. The van der Waals surface area contributed by atoms with Gasteiger partial charge in [0.2, 0.25) is 11.7 Å². The Bertz CT molecular complexity index is 1200. The van der Waals surface area contributed by atoms with Gasteiger partial charge in [-0.3, -0.25) is 14.4 Å². The molecule has 7 heteroatoms. The zero-order valence-electron chi connectivity index (χ0n) is 22.4. The van der Waals surface area contributed by atoms with Crippen LogP contribution in [0.4, 0.5) is 0 Å². The van der Waals surface area contributed by atoms with Crippen molar-refractivity contribution in [2.75, 3.05) is 13.7 Å². The van der Waals surface area contributed by atoms with Crippen molar-refractivity contribution in [3.63, 3.8) is 0 Å². The molecule has 0 aliphatic heterocycles. The predicted molar refractivity (Wildman–Crippen MR) is 140 cm³/mol. The Balaban J connectivity index is 1.23. The van der Waals surface area contributed by atoms with Crippen molar-refractivity contribution >= 4 is 17.7 Å². The normalized spacial score (nSPS) is 27.7. The molecule has 0 radical (unpaired) electrons. The van der Waals surface area contributed by atoms with Crippen molar-refractivity contribution in [3.8, 4) is 5.75 Å². The number of aromatic nitrogens is 1. The molecule has 2 aromatic rings. The number of carbonyl (C=O) groups excluding carboxylic acids is 3. The second kappa shape index (κ2) is 9.66. The van der Waals surface area contributed by atoms with Crippen LogP contribution in [-0.2, 0) is 27.3 Å². The largest absolute Gasteiger partial charge is 0.497 e. The van der Waals surface area contributed by atoms with Crippen molar-refractivity contribution < 1.29 is 23.9 Å². The molecule has 4 fully saturated rings. The fourth-order valence-electron chi connectivity index (χ4n) is 7.84. The first kappa shape index (κ1) is 25.6. The molecule has 198 valence electrons. The number of nitrogens with one attached hydrogen (secondary N) is 1. The first-order valence-electron chi connectivity index (χ1n) is 13.4. The summed E-state index contributed by atoms with van der Waals surface area (Å²) in [5.74, 6) is 1.22. The van der Waals surface area contributed by atoms with E-state index in [4.69, 9.17) is 9.47 Å². The zero-order chi connectivity index (χ0) is 26.4. The Kier molecular flexibility index (Phi) is 6.67. The monoisotopic (exact) mass is 506 g/mol. The predicted octanol–water partition coefficient (Wildman–Crippen LogP) is 4.56. The second-order valence-electron chi connectivity index (χ2n) is 11.7. The summed E-state index contributed by atoms with van der Waals surface area (Å²) >= 11 is 0. The highest BCUT2D eigenvalue weighted by atomic mass is 16.5. The second-order valence-corrected chi connectivity index (χ2v) is 11.7. The van der Waals surface area contributed by atoms with Gasteiger partial charge in [-0.25, -0.2) is 0 Å². The van der Waals surface area contributed by atoms with Crippen LogP contribution in [0.2, 0.25) is 0 Å². The number of hydrogen-bond acceptors (Lipinski definition) is 5. The Morgan fingerprint density at radius 3 is 2.35 bits per heavy atom. The Morgan fingerprint density at radius 2 is 1.73 bits per heavy atom. The minimum Gasteiger partial charge on any atom is -0.497 e. The fourth-order valence-corrected chi connectivity index (χ4v) is 7.84. The molecular formula is C30H38N2O5. The first-order valence-corrected chi connectivity index (χ1v) is 13.4. The van der Waals surface area contributed by atoms with E-state index in [9.17, 15) is 14.4 Å². The molecule has 2 unspecified atom stereocenters. The summed E-state index contributed by atoms with van der Waals surface area (Å²) in [7, 11) is 1.66. The Morgan fingerprint density at radius 1 is 1.05 bits per heavy atom. The third-order valence-electron chi connectivity index (χ3n) is 8.93. The average molecular weight is 507 g/mol. The molecule has 1 amide bonds. The van der Waals surface area contributed by atoms with Gasteiger partial charge in [0, 0.05) is 36.0 Å². The van der Waals surface area contributed by atoms with E-state index < -0.39 is 5.41 Å². The van der Waals surface area contributed by atoms with E-state index >= 15 is 0 Å². The molecule has 4 aliphatic rings. The number of benzene rings is 1. The minimum absolute atomic E-state index is 0.0389. The van der Waals surface area contributed by atoms with E-state index in [1.165, 1.54) is 5.56 Å². The van der Waals surface area contributed by atoms with Gasteiger partial charge in [0.1, 0.15) is 5.75 Å². The van der Waals surface area contributed by atoms with Gasteiger partial charge >= 0.3 is 5.97 Å². The summed E-state index contributed by atoms with van der Waals surface area (Å²) in [4.78, 5) is 38.5. The van der Waals surface area contributed by atoms with E-state index in [-0.39, 0.29) is 29.8 Å². The van der Waals surface area contributed by atoms with E-state index in [0.717, 1.165) is 62.2 Å². The number of carbonyl (C=O) groups is 3. The third-order valence-corrected chi connectivity index (χ3v) is 8.93. The summed E-state index contributed by atoms with van der Waals surface area (Å²) in [6, 6.07) is 9.92. The van der Waals surface area contributed by atoms with Gasteiger partial charge in [-0.15, -0.1) is 0 Å². The third kappa shape index (κ3) is 4.92. The van der Waals surface area contributed by atoms with Crippen molar-refractivity contribution in [3.05, 3.63) is 52.8 Å². The number of hydrogen-bond donors (Lipinski definition) is 1. The van der Waals surface area contributed by atoms with Crippen LogP contribution in [0.15, 0.2) is 30.3 Å². The van der Waals surface area contributed by atoms with Crippen LogP contribution in [0.1, 0.15) is 72.8 Å². The molecule has 6 rings (SSSR count). The number of Topliss-reactive ketones (excluding diaryl/α,β-unsaturated/α-hetero) is 1. The van der Waals surface area contributed by atoms with Crippen LogP contribution in [0, 0.1) is 31.1 Å². The molecule has 7 nitrogen and oxygen atoms in total. The van der Waals surface area contributed by atoms with Gasteiger partial charge in [0.25, 0.3) is 0 Å². The van der Waals surface area contributed by atoms with E-state index in [1.54, 1.807) is 14.0 Å². The maximum absolute atomic E-state index is 13.4. The highest BCUT2D eigenvalue weighted by Crippen LogP contribution is 2.62. The molecule has 2 atom stereocenters.